The van der Waals surface area contributed by atoms with Crippen molar-refractivity contribution in [3.8, 4) is 6.01 Å². The second kappa shape index (κ2) is 8.83. The van der Waals surface area contributed by atoms with Crippen molar-refractivity contribution in [1.82, 2.24) is 23.9 Å². The van der Waals surface area contributed by atoms with Crippen molar-refractivity contribution in [2.24, 2.45) is 0 Å². The molecule has 11 heteroatoms. The number of nitrogens with two attached hydrogens (primary N) is 1. The molecule has 146 valence electrons. The minimum atomic E-state index is -2.89. The number of hydrogen-bond donors (Lipinski definition) is 1. The van der Waals surface area contributed by atoms with E-state index in [1.165, 1.54) is 23.4 Å². The number of rotatable bonds is 4. The van der Waals surface area contributed by atoms with Crippen LogP contribution in [0.4, 0.5) is 5.95 Å². The maximum atomic E-state index is 10.9. The van der Waals surface area contributed by atoms with Gasteiger partial charge in [0.25, 0.3) is 0 Å². The first-order valence-electron chi connectivity index (χ1n) is 8.51. The molecule has 1 aliphatic rings. The van der Waals surface area contributed by atoms with Crippen LogP contribution in [0.2, 0.25) is 5.15 Å². The van der Waals surface area contributed by atoms with Gasteiger partial charge in [-0.3, -0.25) is 0 Å². The number of fused-ring (bicyclic) bond motifs is 1. The highest BCUT2D eigenvalue weighted by atomic mass is 35.5. The van der Waals surface area contributed by atoms with Crippen molar-refractivity contribution in [3.63, 3.8) is 0 Å². The van der Waals surface area contributed by atoms with E-state index in [1.807, 2.05) is 13.8 Å². The third-order valence-electron chi connectivity index (χ3n) is 4.00. The Balaban J connectivity index is 0.000000209. The van der Waals surface area contributed by atoms with Crippen LogP contribution in [0.1, 0.15) is 39.5 Å². The minimum Gasteiger partial charge on any atom is -0.460 e. The van der Waals surface area contributed by atoms with Gasteiger partial charge in [-0.25, -0.2) is 17.7 Å². The first kappa shape index (κ1) is 20.7. The number of nitrogens with zero attached hydrogens (tertiary/aromatic N) is 5. The molecule has 26 heavy (non-hydrogen) atoms. The fourth-order valence-electron chi connectivity index (χ4n) is 2.38. The molecule has 2 aromatic rings. The van der Waals surface area contributed by atoms with Gasteiger partial charge in [0.2, 0.25) is 16.0 Å². The van der Waals surface area contributed by atoms with E-state index in [1.54, 1.807) is 4.31 Å². The number of sulfonamides is 1. The van der Waals surface area contributed by atoms with Gasteiger partial charge < -0.3 is 10.5 Å². The predicted molar refractivity (Wildman–Crippen MR) is 101 cm³/mol. The van der Waals surface area contributed by atoms with E-state index in [4.69, 9.17) is 22.1 Å². The average molecular weight is 405 g/mol. The van der Waals surface area contributed by atoms with Crippen molar-refractivity contribution < 1.29 is 13.2 Å². The maximum absolute atomic E-state index is 10.9. The molecule has 0 bridgehead atoms. The summed E-state index contributed by atoms with van der Waals surface area (Å²) in [6.07, 6.45) is 6.91. The van der Waals surface area contributed by atoms with E-state index in [2.05, 4.69) is 15.1 Å². The molecule has 0 spiro atoms. The van der Waals surface area contributed by atoms with Crippen molar-refractivity contribution in [1.29, 1.82) is 0 Å². The molecule has 0 aromatic carbocycles. The zero-order valence-corrected chi connectivity index (χ0v) is 16.8. The van der Waals surface area contributed by atoms with Gasteiger partial charge in [-0.1, -0.05) is 24.9 Å². The summed E-state index contributed by atoms with van der Waals surface area (Å²) in [6, 6.07) is 0.337. The number of halogens is 1. The Labute approximate surface area is 158 Å². The van der Waals surface area contributed by atoms with Gasteiger partial charge in [-0.05, 0) is 26.2 Å². The predicted octanol–water partition coefficient (Wildman–Crippen LogP) is 1.97. The molecule has 1 saturated heterocycles. The number of ether oxygens (including phenoxy) is 1. The summed E-state index contributed by atoms with van der Waals surface area (Å²) in [5, 5.41) is 4.30. The van der Waals surface area contributed by atoms with Crippen molar-refractivity contribution in [2.75, 3.05) is 25.1 Å². The third kappa shape index (κ3) is 5.42. The van der Waals surface area contributed by atoms with E-state index < -0.39 is 10.0 Å². The van der Waals surface area contributed by atoms with Gasteiger partial charge >= 0.3 is 6.01 Å². The van der Waals surface area contributed by atoms with E-state index in [0.717, 1.165) is 32.4 Å². The molecule has 1 aliphatic heterocycles. The molecule has 0 radical (unpaired) electrons. The van der Waals surface area contributed by atoms with Crippen molar-refractivity contribution in [2.45, 2.75) is 45.6 Å². The second-order valence-corrected chi connectivity index (χ2v) is 8.50. The van der Waals surface area contributed by atoms with Crippen LogP contribution in [0.15, 0.2) is 6.20 Å². The van der Waals surface area contributed by atoms with Crippen LogP contribution < -0.4 is 10.5 Å². The normalized spacial score (nSPS) is 16.8. The summed E-state index contributed by atoms with van der Waals surface area (Å²) >= 11 is 5.92. The van der Waals surface area contributed by atoms with Crippen LogP contribution in [0.3, 0.4) is 0 Å². The number of nitrogen functional groups attached to an aromatic ring is 1. The molecule has 0 saturated carbocycles. The third-order valence-corrected chi connectivity index (χ3v) is 5.58. The van der Waals surface area contributed by atoms with Crippen LogP contribution in [0, 0.1) is 0 Å². The topological polar surface area (TPSA) is 116 Å². The summed E-state index contributed by atoms with van der Waals surface area (Å²) in [7, 11) is -2.89. The molecule has 1 fully saturated rings. The number of imidazole rings is 1. The SMILES string of the molecule is CCC(C)Oc1nc(Cl)c2cnc(N)nn12.CS(=O)(=O)N1CCCCC1. The van der Waals surface area contributed by atoms with E-state index in [0.29, 0.717) is 16.7 Å². The van der Waals surface area contributed by atoms with Crippen LogP contribution in [-0.4, -0.2) is 57.8 Å². The Hall–Kier alpha value is -1.65. The molecule has 2 N–H and O–H groups in total. The molecule has 3 heterocycles. The second-order valence-electron chi connectivity index (χ2n) is 6.16. The lowest BCUT2D eigenvalue weighted by Gasteiger charge is -2.23. The lowest BCUT2D eigenvalue weighted by molar-refractivity contribution is 0.195. The zero-order chi connectivity index (χ0) is 19.3. The van der Waals surface area contributed by atoms with Crippen LogP contribution in [0.25, 0.3) is 5.52 Å². The molecule has 2 aromatic heterocycles. The average Bonchev–Trinajstić information content (AvgIpc) is 2.90. The Kier molecular flexibility index (Phi) is 7.01. The molecular weight excluding hydrogens is 380 g/mol. The van der Waals surface area contributed by atoms with Crippen molar-refractivity contribution >= 4 is 33.1 Å². The van der Waals surface area contributed by atoms with Gasteiger partial charge in [0.15, 0.2) is 5.15 Å². The van der Waals surface area contributed by atoms with Crippen LogP contribution in [-0.2, 0) is 10.0 Å². The first-order valence-corrected chi connectivity index (χ1v) is 10.7. The van der Waals surface area contributed by atoms with E-state index in [9.17, 15) is 8.42 Å². The highest BCUT2D eigenvalue weighted by Crippen LogP contribution is 2.22. The fraction of sp³-hybridized carbons (Fsp3) is 0.667. The van der Waals surface area contributed by atoms with Crippen LogP contribution in [0.5, 0.6) is 6.01 Å². The Bertz CT molecular complexity index is 835. The molecular formula is C15H25ClN6O3S. The van der Waals surface area contributed by atoms with Gasteiger partial charge in [0, 0.05) is 13.1 Å². The maximum Gasteiger partial charge on any atom is 0.320 e. The van der Waals surface area contributed by atoms with Gasteiger partial charge in [-0.2, -0.15) is 9.50 Å². The molecule has 0 amide bonds. The minimum absolute atomic E-state index is 0.0397. The fourth-order valence-corrected chi connectivity index (χ4v) is 3.50. The smallest absolute Gasteiger partial charge is 0.320 e. The Morgan fingerprint density at radius 2 is 2.00 bits per heavy atom. The van der Waals surface area contributed by atoms with Crippen molar-refractivity contribution in [3.05, 3.63) is 11.3 Å². The Morgan fingerprint density at radius 3 is 2.54 bits per heavy atom. The Morgan fingerprint density at radius 1 is 1.35 bits per heavy atom. The number of aromatic nitrogens is 4. The molecule has 9 nitrogen and oxygen atoms in total. The lowest BCUT2D eigenvalue weighted by Crippen LogP contribution is -2.34. The highest BCUT2D eigenvalue weighted by Gasteiger charge is 2.18. The van der Waals surface area contributed by atoms with E-state index >= 15 is 0 Å². The number of anilines is 1. The van der Waals surface area contributed by atoms with Gasteiger partial charge in [-0.15, -0.1) is 5.10 Å². The quantitative estimate of drug-likeness (QED) is 0.827. The summed E-state index contributed by atoms with van der Waals surface area (Å²) in [5.74, 6) is 0.149. The van der Waals surface area contributed by atoms with Crippen LogP contribution >= 0.6 is 11.6 Å². The standard InChI is InChI=1S/C9H12ClN5O.C6H13NO2S/c1-3-5(2)16-9-13-7(10)6-4-12-8(11)14-15(6)9;1-10(8,9)7-5-3-2-4-6-7/h4-5H,3H2,1-2H3,(H2,11,14);2-6H2,1H3. The molecule has 1 atom stereocenters. The largest absolute Gasteiger partial charge is 0.460 e. The molecule has 0 aliphatic carbocycles. The summed E-state index contributed by atoms with van der Waals surface area (Å²) in [5.41, 5.74) is 6.07. The monoisotopic (exact) mass is 404 g/mol. The number of hydrogen-bond acceptors (Lipinski definition) is 7. The molecule has 1 unspecified atom stereocenters. The van der Waals surface area contributed by atoms with E-state index in [-0.39, 0.29) is 12.1 Å². The van der Waals surface area contributed by atoms with Gasteiger partial charge in [0.05, 0.1) is 18.6 Å². The zero-order valence-electron chi connectivity index (χ0n) is 15.2. The summed E-state index contributed by atoms with van der Waals surface area (Å²) in [6.45, 7) is 5.41. The first-order chi connectivity index (χ1) is 12.2. The van der Waals surface area contributed by atoms with Gasteiger partial charge in [0.1, 0.15) is 5.52 Å². The summed E-state index contributed by atoms with van der Waals surface area (Å²) < 4.78 is 30.4. The summed E-state index contributed by atoms with van der Waals surface area (Å²) in [4.78, 5) is 7.91. The number of piperidine rings is 1. The molecule has 3 rings (SSSR count). The highest BCUT2D eigenvalue weighted by molar-refractivity contribution is 7.88. The lowest BCUT2D eigenvalue weighted by atomic mass is 10.2.